The second-order valence-electron chi connectivity index (χ2n) is 5.04. The highest BCUT2D eigenvalue weighted by molar-refractivity contribution is 6.06. The molecule has 0 saturated carbocycles. The Bertz CT molecular complexity index is 858. The molecule has 0 bridgehead atoms. The van der Waals surface area contributed by atoms with Gasteiger partial charge in [0.2, 0.25) is 0 Å². The second-order valence-corrected chi connectivity index (χ2v) is 5.04. The van der Waals surface area contributed by atoms with Crippen LogP contribution in [0.2, 0.25) is 0 Å². The molecule has 130 valence electrons. The van der Waals surface area contributed by atoms with E-state index >= 15 is 0 Å². The topological polar surface area (TPSA) is 69.7 Å². The summed E-state index contributed by atoms with van der Waals surface area (Å²) in [4.78, 5) is 34.4. The van der Waals surface area contributed by atoms with Crippen LogP contribution >= 0.6 is 0 Å². The van der Waals surface area contributed by atoms with Crippen molar-refractivity contribution in [1.29, 1.82) is 0 Å². The molecule has 5 heteroatoms. The molecule has 26 heavy (non-hydrogen) atoms. The van der Waals surface area contributed by atoms with Gasteiger partial charge in [-0.15, -0.1) is 0 Å². The molecule has 0 N–H and O–H groups in total. The van der Waals surface area contributed by atoms with E-state index in [4.69, 9.17) is 9.47 Å². The molecular weight excluding hydrogens is 332 g/mol. The van der Waals surface area contributed by atoms with Crippen LogP contribution < -0.4 is 9.47 Å². The zero-order chi connectivity index (χ0) is 18.9. The number of carbonyl (C=O) groups is 3. The second kappa shape index (κ2) is 8.94. The molecular formula is C21H16O5. The van der Waals surface area contributed by atoms with Crippen molar-refractivity contribution >= 4 is 23.8 Å². The number of carbonyl (C=O) groups excluding carboxylic acids is 3. The molecule has 2 aromatic rings. The first-order chi connectivity index (χ1) is 12.5. The monoisotopic (exact) mass is 348 g/mol. The van der Waals surface area contributed by atoms with Gasteiger partial charge in [-0.1, -0.05) is 31.4 Å². The fourth-order valence-corrected chi connectivity index (χ4v) is 1.92. The average molecular weight is 348 g/mol. The highest BCUT2D eigenvalue weighted by Crippen LogP contribution is 2.16. The van der Waals surface area contributed by atoms with Crippen LogP contribution in [0.25, 0.3) is 6.08 Å². The molecule has 0 aromatic heterocycles. The van der Waals surface area contributed by atoms with Gasteiger partial charge in [-0.25, -0.2) is 9.59 Å². The summed E-state index contributed by atoms with van der Waals surface area (Å²) in [6.07, 6.45) is 5.21. The summed E-state index contributed by atoms with van der Waals surface area (Å²) < 4.78 is 9.92. The van der Waals surface area contributed by atoms with Crippen molar-refractivity contribution < 1.29 is 23.9 Å². The first-order valence-electron chi connectivity index (χ1n) is 7.63. The molecule has 0 spiro atoms. The highest BCUT2D eigenvalue weighted by atomic mass is 16.5. The number of esters is 2. The highest BCUT2D eigenvalue weighted by Gasteiger charge is 2.04. The molecule has 0 amide bonds. The van der Waals surface area contributed by atoms with Crippen molar-refractivity contribution in [1.82, 2.24) is 0 Å². The van der Waals surface area contributed by atoms with Gasteiger partial charge >= 0.3 is 11.9 Å². The molecule has 0 aliphatic rings. The van der Waals surface area contributed by atoms with Gasteiger partial charge < -0.3 is 9.47 Å². The Balaban J connectivity index is 2.00. The van der Waals surface area contributed by atoms with Gasteiger partial charge in [0.25, 0.3) is 0 Å². The number of benzene rings is 2. The number of ether oxygens (including phenoxy) is 2. The van der Waals surface area contributed by atoms with Crippen molar-refractivity contribution in [3.05, 3.63) is 91.0 Å². The Hall–Kier alpha value is -3.73. The fourth-order valence-electron chi connectivity index (χ4n) is 1.92. The third-order valence-corrected chi connectivity index (χ3v) is 3.22. The van der Waals surface area contributed by atoms with Crippen molar-refractivity contribution in [2.24, 2.45) is 0 Å². The minimum atomic E-state index is -0.564. The molecule has 0 aliphatic heterocycles. The van der Waals surface area contributed by atoms with Crippen LogP contribution in [0, 0.1) is 0 Å². The predicted molar refractivity (Wildman–Crippen MR) is 97.9 cm³/mol. The largest absolute Gasteiger partial charge is 0.423 e. The van der Waals surface area contributed by atoms with E-state index in [1.165, 1.54) is 18.2 Å². The van der Waals surface area contributed by atoms with Crippen molar-refractivity contribution in [3.63, 3.8) is 0 Å². The number of allylic oxidation sites excluding steroid dienone is 1. The Morgan fingerprint density at radius 1 is 0.731 bits per heavy atom. The quantitative estimate of drug-likeness (QED) is 0.330. The van der Waals surface area contributed by atoms with E-state index < -0.39 is 11.9 Å². The third-order valence-electron chi connectivity index (χ3n) is 3.22. The number of rotatable bonds is 7. The Kier molecular flexibility index (Phi) is 6.40. The number of hydrogen-bond acceptors (Lipinski definition) is 5. The molecule has 0 radical (unpaired) electrons. The van der Waals surface area contributed by atoms with E-state index in [0.29, 0.717) is 17.1 Å². The third kappa shape index (κ3) is 5.42. The molecule has 2 rings (SSSR count). The minimum absolute atomic E-state index is 0.200. The number of ketones is 1. The maximum atomic E-state index is 12.2. The summed E-state index contributed by atoms with van der Waals surface area (Å²) in [5, 5.41) is 0. The maximum Gasteiger partial charge on any atom is 0.335 e. The fraction of sp³-hybridized carbons (Fsp3) is 0. The molecule has 0 heterocycles. The van der Waals surface area contributed by atoms with Gasteiger partial charge in [0.05, 0.1) is 0 Å². The first-order valence-corrected chi connectivity index (χ1v) is 7.63. The predicted octanol–water partition coefficient (Wildman–Crippen LogP) is 3.77. The van der Waals surface area contributed by atoms with Gasteiger partial charge in [0.15, 0.2) is 5.78 Å². The summed E-state index contributed by atoms with van der Waals surface area (Å²) >= 11 is 0. The summed E-state index contributed by atoms with van der Waals surface area (Å²) in [5.41, 5.74) is 1.23. The van der Waals surface area contributed by atoms with Gasteiger partial charge in [-0.2, -0.15) is 0 Å². The Morgan fingerprint density at radius 2 is 1.19 bits per heavy atom. The molecule has 0 fully saturated rings. The molecule has 0 saturated heterocycles. The van der Waals surface area contributed by atoms with Crippen molar-refractivity contribution in [2.75, 3.05) is 0 Å². The van der Waals surface area contributed by atoms with Crippen LogP contribution in [-0.2, 0) is 9.59 Å². The van der Waals surface area contributed by atoms with E-state index in [1.54, 1.807) is 42.5 Å². The lowest BCUT2D eigenvalue weighted by Crippen LogP contribution is -2.03. The summed E-state index contributed by atoms with van der Waals surface area (Å²) in [6.45, 7) is 6.64. The lowest BCUT2D eigenvalue weighted by molar-refractivity contribution is -0.129. The van der Waals surface area contributed by atoms with E-state index in [0.717, 1.165) is 17.7 Å². The van der Waals surface area contributed by atoms with Crippen LogP contribution in [0.5, 0.6) is 11.5 Å². The lowest BCUT2D eigenvalue weighted by atomic mass is 10.1. The standard InChI is InChI=1S/C21H16O5/c1-3-20(23)25-17-10-5-15(6-11-17)7-14-19(22)16-8-12-18(13-9-16)26-21(24)4-2/h3-14H,1-2H2/b14-7+. The molecule has 0 unspecified atom stereocenters. The number of hydrogen-bond donors (Lipinski definition) is 0. The molecule has 0 atom stereocenters. The van der Waals surface area contributed by atoms with Crippen LogP contribution in [0.3, 0.4) is 0 Å². The molecule has 5 nitrogen and oxygen atoms in total. The summed E-state index contributed by atoms with van der Waals surface area (Å²) in [7, 11) is 0. The average Bonchev–Trinajstić information content (AvgIpc) is 2.67. The molecule has 0 aliphatic carbocycles. The zero-order valence-corrected chi connectivity index (χ0v) is 13.9. The van der Waals surface area contributed by atoms with Crippen molar-refractivity contribution in [2.45, 2.75) is 0 Å². The Labute approximate surface area is 150 Å². The van der Waals surface area contributed by atoms with Crippen LogP contribution in [0.1, 0.15) is 15.9 Å². The summed E-state index contributed by atoms with van der Waals surface area (Å²) in [5.74, 6) is -0.575. The van der Waals surface area contributed by atoms with E-state index in [2.05, 4.69) is 13.2 Å². The maximum absolute atomic E-state index is 12.2. The van der Waals surface area contributed by atoms with E-state index in [-0.39, 0.29) is 5.78 Å². The summed E-state index contributed by atoms with van der Waals surface area (Å²) in [6, 6.07) is 12.9. The van der Waals surface area contributed by atoms with Crippen LogP contribution in [-0.4, -0.2) is 17.7 Å². The SMILES string of the molecule is C=CC(=O)Oc1ccc(/C=C/C(=O)c2ccc(OC(=O)C=C)cc2)cc1. The van der Waals surface area contributed by atoms with Gasteiger partial charge in [0, 0.05) is 17.7 Å². The normalized spacial score (nSPS) is 10.2. The zero-order valence-electron chi connectivity index (χ0n) is 13.9. The lowest BCUT2D eigenvalue weighted by Gasteiger charge is -2.02. The first kappa shape index (κ1) is 18.6. The van der Waals surface area contributed by atoms with Gasteiger partial charge in [-0.05, 0) is 48.0 Å². The Morgan fingerprint density at radius 3 is 1.65 bits per heavy atom. The van der Waals surface area contributed by atoms with Gasteiger partial charge in [-0.3, -0.25) is 4.79 Å². The smallest absolute Gasteiger partial charge is 0.335 e. The van der Waals surface area contributed by atoms with Crippen LogP contribution in [0.15, 0.2) is 79.9 Å². The minimum Gasteiger partial charge on any atom is -0.423 e. The van der Waals surface area contributed by atoms with Crippen molar-refractivity contribution in [3.8, 4) is 11.5 Å². The molecule has 2 aromatic carbocycles. The van der Waals surface area contributed by atoms with Gasteiger partial charge in [0.1, 0.15) is 11.5 Å². The van der Waals surface area contributed by atoms with E-state index in [1.807, 2.05) is 0 Å². The van der Waals surface area contributed by atoms with Crippen LogP contribution in [0.4, 0.5) is 0 Å². The van der Waals surface area contributed by atoms with E-state index in [9.17, 15) is 14.4 Å².